The molecule has 2 aliphatic heterocycles. The Balaban J connectivity index is 1.64. The van der Waals surface area contributed by atoms with Crippen LogP contribution >= 0.6 is 0 Å². The first-order valence-electron chi connectivity index (χ1n) is 2.93. The second-order valence-electron chi connectivity index (χ2n) is 1.74. The zero-order valence-corrected chi connectivity index (χ0v) is 16.0. The van der Waals surface area contributed by atoms with Crippen molar-refractivity contribution >= 4 is 73.7 Å². The molecule has 2 aliphatic rings. The molecule has 14 heteroatoms. The average molecular weight is 646 g/mol. The van der Waals surface area contributed by atoms with Crippen LogP contribution in [0.25, 0.3) is 0 Å². The van der Waals surface area contributed by atoms with Gasteiger partial charge < -0.3 is 0 Å². The van der Waals surface area contributed by atoms with Gasteiger partial charge in [-0.2, -0.15) is 0 Å². The summed E-state index contributed by atoms with van der Waals surface area (Å²) < 4.78 is 59.5. The van der Waals surface area contributed by atoms with Crippen molar-refractivity contribution in [2.75, 3.05) is 0 Å². The van der Waals surface area contributed by atoms with Crippen molar-refractivity contribution in [3.05, 3.63) is 0 Å². The summed E-state index contributed by atoms with van der Waals surface area (Å²) in [5.41, 5.74) is 0. The quantitative estimate of drug-likeness (QED) is 0.303. The summed E-state index contributed by atoms with van der Waals surface area (Å²) in [5.74, 6) is 0. The first kappa shape index (κ1) is 11.1. The van der Waals surface area contributed by atoms with Crippen molar-refractivity contribution in [1.29, 1.82) is 0 Å². The molecule has 2 rings (SSSR count). The van der Waals surface area contributed by atoms with E-state index >= 15 is 0 Å². The minimum atomic E-state index is -3.08. The van der Waals surface area contributed by atoms with E-state index in [0.29, 0.717) is 0 Å². The molecule has 0 radical (unpaired) electrons. The zero-order valence-electron chi connectivity index (χ0n) is 6.07. The Morgan fingerprint density at radius 3 is 1.57 bits per heavy atom. The van der Waals surface area contributed by atoms with Crippen molar-refractivity contribution in [3.63, 3.8) is 0 Å². The van der Waals surface area contributed by atoms with Crippen molar-refractivity contribution in [3.8, 4) is 0 Å². The first-order chi connectivity index (χ1) is 6.63. The molecule has 2 heterocycles. The van der Waals surface area contributed by atoms with Crippen LogP contribution in [-0.2, 0) is 28.4 Å². The van der Waals surface area contributed by atoms with Crippen LogP contribution in [0.3, 0.4) is 0 Å². The predicted octanol–water partition coefficient (Wildman–Crippen LogP) is -2.67. The van der Waals surface area contributed by atoms with Gasteiger partial charge in [-0.1, -0.05) is 0 Å². The molecule has 0 aromatic heterocycles. The van der Waals surface area contributed by atoms with E-state index in [9.17, 15) is 13.4 Å². The van der Waals surface area contributed by atoms with Crippen molar-refractivity contribution in [2.45, 2.75) is 0 Å². The van der Waals surface area contributed by atoms with E-state index in [1.54, 1.807) is 0 Å². The summed E-state index contributed by atoms with van der Waals surface area (Å²) in [6.07, 6.45) is 0. The third-order valence-corrected chi connectivity index (χ3v) is 23.5. The topological polar surface area (TPSA) is 107 Å². The fraction of sp³-hybridized carbons (Fsp3) is 0. The van der Waals surface area contributed by atoms with E-state index in [1.807, 2.05) is 0 Å². The normalized spacial score (nSPS) is 20.3. The van der Waals surface area contributed by atoms with Gasteiger partial charge in [-0.25, -0.2) is 0 Å². The molecule has 0 aromatic rings. The van der Waals surface area contributed by atoms with E-state index in [4.69, 9.17) is 5.00 Å². The number of rotatable bonds is 4. The van der Waals surface area contributed by atoms with Gasteiger partial charge >= 0.3 is 102 Å². The van der Waals surface area contributed by atoms with Gasteiger partial charge in [0, 0.05) is 0 Å². The maximum atomic E-state index is 11.0. The second-order valence-corrected chi connectivity index (χ2v) is 20.6. The van der Waals surface area contributed by atoms with E-state index < -0.39 is 73.7 Å². The summed E-state index contributed by atoms with van der Waals surface area (Å²) in [6, 6.07) is 0. The Morgan fingerprint density at radius 1 is 0.929 bits per heavy atom. The molecule has 0 aromatic carbocycles. The van der Waals surface area contributed by atoms with E-state index in [1.165, 1.54) is 0 Å². The molecular formula is Bi2O9Si3. The molecule has 0 amide bonds. The molecule has 14 heavy (non-hydrogen) atoms. The number of hydrogen-bond acceptors (Lipinski definition) is 9. The zero-order chi connectivity index (χ0) is 10.1. The van der Waals surface area contributed by atoms with Gasteiger partial charge in [0.05, 0.1) is 0 Å². The third-order valence-electron chi connectivity index (χ3n) is 0.894. The molecule has 9 nitrogen and oxygen atoms in total. The summed E-state index contributed by atoms with van der Waals surface area (Å²) in [7, 11) is -7.51. The SMILES string of the molecule is O=[Si]1[O][Bi]([O][Si](=O)[O][Bi]2[O][Si](=O)[O]2)[O]1. The third kappa shape index (κ3) is 2.81. The minimum absolute atomic E-state index is 2.37. The summed E-state index contributed by atoms with van der Waals surface area (Å²) >= 11 is -6.16. The van der Waals surface area contributed by atoms with Crippen LogP contribution in [0, 0.1) is 0 Å². The second kappa shape index (κ2) is 4.64. The first-order valence-corrected chi connectivity index (χ1v) is 15.1. The Kier molecular flexibility index (Phi) is 3.68. The van der Waals surface area contributed by atoms with Gasteiger partial charge in [0.15, 0.2) is 0 Å². The van der Waals surface area contributed by atoms with Crippen LogP contribution in [0.2, 0.25) is 0 Å². The molecule has 0 atom stereocenters. The fourth-order valence-corrected chi connectivity index (χ4v) is 19.7. The van der Waals surface area contributed by atoms with Crippen LogP contribution in [0.4, 0.5) is 0 Å². The monoisotopic (exact) mass is 646 g/mol. The Hall–Kier alpha value is 0.617. The Bertz CT molecular complexity index is 256. The molecule has 0 spiro atoms. The molecule has 2 fully saturated rings. The molecule has 0 unspecified atom stereocenters. The summed E-state index contributed by atoms with van der Waals surface area (Å²) in [6.45, 7) is 0. The molecule has 76 valence electrons. The maximum absolute atomic E-state index is 11.0. The van der Waals surface area contributed by atoms with Crippen molar-refractivity contribution in [2.24, 2.45) is 0 Å². The van der Waals surface area contributed by atoms with E-state index in [0.717, 1.165) is 0 Å². The standard InChI is InChI=1S/2Bi.3O3Si/c;;3*1-4(2)3/q2*+3;3*-2. The van der Waals surface area contributed by atoms with Crippen molar-refractivity contribution in [1.82, 2.24) is 0 Å². The Morgan fingerprint density at radius 2 is 1.29 bits per heavy atom. The van der Waals surface area contributed by atoms with E-state index in [-0.39, 0.29) is 0 Å². The van der Waals surface area contributed by atoms with Crippen molar-refractivity contribution < 1.29 is 28.4 Å². The van der Waals surface area contributed by atoms with Gasteiger partial charge in [-0.05, 0) is 0 Å². The molecule has 0 aliphatic carbocycles. The summed E-state index contributed by atoms with van der Waals surface area (Å²) in [5, 5.41) is 0. The van der Waals surface area contributed by atoms with Gasteiger partial charge in [-0.3, -0.25) is 0 Å². The van der Waals surface area contributed by atoms with Gasteiger partial charge in [0.2, 0.25) is 0 Å². The Labute approximate surface area is 101 Å². The van der Waals surface area contributed by atoms with Crippen LogP contribution in [0.1, 0.15) is 0 Å². The molecule has 0 bridgehead atoms. The predicted molar refractivity (Wildman–Crippen MR) is 37.3 cm³/mol. The molecule has 0 N–H and O–H groups in total. The van der Waals surface area contributed by atoms with Gasteiger partial charge in [0.25, 0.3) is 0 Å². The van der Waals surface area contributed by atoms with Crippen LogP contribution in [-0.4, -0.2) is 73.7 Å². The fourth-order valence-electron chi connectivity index (χ4n) is 0.470. The van der Waals surface area contributed by atoms with Gasteiger partial charge in [-0.15, -0.1) is 0 Å². The van der Waals surface area contributed by atoms with Crippen LogP contribution in [0.5, 0.6) is 0 Å². The number of hydrogen-bond donors (Lipinski definition) is 0. The summed E-state index contributed by atoms with van der Waals surface area (Å²) in [4.78, 5) is 0. The molecular weight excluding hydrogens is 646 g/mol. The van der Waals surface area contributed by atoms with E-state index in [2.05, 4.69) is 10.0 Å². The molecule has 2 saturated heterocycles. The molecule has 0 saturated carbocycles. The van der Waals surface area contributed by atoms with Gasteiger partial charge in [0.1, 0.15) is 0 Å². The van der Waals surface area contributed by atoms with Crippen LogP contribution in [0.15, 0.2) is 0 Å². The van der Waals surface area contributed by atoms with Crippen LogP contribution < -0.4 is 0 Å². The average Bonchev–Trinajstić information content (AvgIpc) is 1.98.